The lowest BCUT2D eigenvalue weighted by atomic mass is 9.71. The summed E-state index contributed by atoms with van der Waals surface area (Å²) in [4.78, 5) is 11.9. The molecule has 2 fully saturated rings. The Balaban J connectivity index is 1.70. The quantitative estimate of drug-likeness (QED) is 0.805. The number of rotatable bonds is 4. The predicted molar refractivity (Wildman–Crippen MR) is 78.5 cm³/mol. The lowest BCUT2D eigenvalue weighted by Gasteiger charge is -2.38. The Morgan fingerprint density at radius 1 is 1.20 bits per heavy atom. The highest BCUT2D eigenvalue weighted by molar-refractivity contribution is 5.70. The lowest BCUT2D eigenvalue weighted by molar-refractivity contribution is -0.161. The van der Waals surface area contributed by atoms with Crippen LogP contribution in [0.15, 0.2) is 0 Å². The first kappa shape index (κ1) is 15.8. The fourth-order valence-electron chi connectivity index (χ4n) is 3.72. The van der Waals surface area contributed by atoms with Gasteiger partial charge in [0.15, 0.2) is 0 Å². The largest absolute Gasteiger partial charge is 0.461 e. The molecule has 20 heavy (non-hydrogen) atoms. The Morgan fingerprint density at radius 2 is 1.90 bits per heavy atom. The van der Waals surface area contributed by atoms with Gasteiger partial charge >= 0.3 is 5.97 Å². The third-order valence-corrected chi connectivity index (χ3v) is 4.37. The van der Waals surface area contributed by atoms with E-state index in [2.05, 4.69) is 26.1 Å². The van der Waals surface area contributed by atoms with Crippen LogP contribution in [-0.2, 0) is 14.3 Å². The molecule has 4 nitrogen and oxygen atoms in total. The summed E-state index contributed by atoms with van der Waals surface area (Å²) in [6.07, 6.45) is 5.43. The minimum absolute atomic E-state index is 0.0675. The molecule has 4 heteroatoms. The minimum atomic E-state index is -0.196. The molecule has 1 saturated carbocycles. The van der Waals surface area contributed by atoms with Gasteiger partial charge in [0.05, 0.1) is 6.10 Å². The fourth-order valence-corrected chi connectivity index (χ4v) is 3.72. The molecule has 2 atom stereocenters. The minimum Gasteiger partial charge on any atom is -0.461 e. The molecular formula is C16H29NO3. The molecule has 2 unspecified atom stereocenters. The molecule has 0 aromatic rings. The Kier molecular flexibility index (Phi) is 5.44. The van der Waals surface area contributed by atoms with Crippen LogP contribution in [0.3, 0.4) is 0 Å². The smallest absolute Gasteiger partial charge is 0.332 e. The van der Waals surface area contributed by atoms with Crippen LogP contribution in [0.5, 0.6) is 0 Å². The van der Waals surface area contributed by atoms with Gasteiger partial charge in [-0.3, -0.25) is 0 Å². The van der Waals surface area contributed by atoms with Crippen LogP contribution in [0.4, 0.5) is 0 Å². The van der Waals surface area contributed by atoms with Gasteiger partial charge in [0.1, 0.15) is 12.7 Å². The second-order valence-corrected chi connectivity index (χ2v) is 7.29. The fraction of sp³-hybridized carbons (Fsp3) is 0.938. The highest BCUT2D eigenvalue weighted by atomic mass is 16.6. The molecule has 0 spiro atoms. The highest BCUT2D eigenvalue weighted by Gasteiger charge is 2.34. The number of ether oxygens (including phenoxy) is 2. The normalized spacial score (nSPS) is 30.9. The summed E-state index contributed by atoms with van der Waals surface area (Å²) in [5, 5.41) is 3.29. The van der Waals surface area contributed by atoms with Gasteiger partial charge in [-0.1, -0.05) is 20.8 Å². The zero-order valence-electron chi connectivity index (χ0n) is 13.1. The molecule has 2 rings (SSSR count). The second-order valence-electron chi connectivity index (χ2n) is 7.29. The molecule has 1 heterocycles. The van der Waals surface area contributed by atoms with Crippen LogP contribution >= 0.6 is 0 Å². The average molecular weight is 283 g/mol. The Morgan fingerprint density at radius 3 is 2.55 bits per heavy atom. The molecule has 1 N–H and O–H groups in total. The van der Waals surface area contributed by atoms with E-state index in [1.165, 1.54) is 6.42 Å². The highest BCUT2D eigenvalue weighted by Crippen LogP contribution is 2.39. The Bertz CT molecular complexity index is 324. The van der Waals surface area contributed by atoms with Gasteiger partial charge in [0.2, 0.25) is 0 Å². The van der Waals surface area contributed by atoms with Gasteiger partial charge in [-0.2, -0.15) is 0 Å². The van der Waals surface area contributed by atoms with Crippen molar-refractivity contribution < 1.29 is 14.3 Å². The van der Waals surface area contributed by atoms with Crippen LogP contribution in [0.1, 0.15) is 52.9 Å². The maximum Gasteiger partial charge on any atom is 0.332 e. The molecule has 0 aromatic heterocycles. The molecule has 1 aliphatic carbocycles. The maximum absolute atomic E-state index is 11.9. The van der Waals surface area contributed by atoms with Crippen molar-refractivity contribution in [2.45, 2.75) is 65.1 Å². The van der Waals surface area contributed by atoms with Crippen molar-refractivity contribution in [3.05, 3.63) is 0 Å². The van der Waals surface area contributed by atoms with Crippen molar-refractivity contribution in [2.75, 3.05) is 19.7 Å². The molecule has 0 bridgehead atoms. The number of carbonyl (C=O) groups excluding carboxylic acids is 1. The van der Waals surface area contributed by atoms with Crippen molar-refractivity contribution in [1.82, 2.24) is 5.32 Å². The van der Waals surface area contributed by atoms with E-state index >= 15 is 0 Å². The van der Waals surface area contributed by atoms with Gasteiger partial charge in [-0.15, -0.1) is 0 Å². The Labute approximate surface area is 122 Å². The standard InChI is InChI=1S/C16H29NO3/c1-12-8-14(10-16(2,3)9-12)20-15(18)11-19-13-4-6-17-7-5-13/h12-14,17H,4-11H2,1-3H3. The van der Waals surface area contributed by atoms with Crippen LogP contribution < -0.4 is 5.32 Å². The summed E-state index contributed by atoms with van der Waals surface area (Å²) < 4.78 is 11.3. The molecule has 0 radical (unpaired) electrons. The van der Waals surface area contributed by atoms with E-state index in [1.807, 2.05) is 0 Å². The molecule has 1 aliphatic heterocycles. The number of hydrogen-bond donors (Lipinski definition) is 1. The number of hydrogen-bond acceptors (Lipinski definition) is 4. The Hall–Kier alpha value is -0.610. The van der Waals surface area contributed by atoms with E-state index < -0.39 is 0 Å². The topological polar surface area (TPSA) is 47.6 Å². The lowest BCUT2D eigenvalue weighted by Crippen LogP contribution is -2.36. The van der Waals surface area contributed by atoms with Crippen LogP contribution in [0, 0.1) is 11.3 Å². The van der Waals surface area contributed by atoms with Crippen LogP contribution in [0.2, 0.25) is 0 Å². The molecule has 0 amide bonds. The van der Waals surface area contributed by atoms with E-state index in [-0.39, 0.29) is 30.2 Å². The first-order valence-electron chi connectivity index (χ1n) is 7.96. The van der Waals surface area contributed by atoms with Gasteiger partial charge in [0, 0.05) is 0 Å². The molecule has 116 valence electrons. The summed E-state index contributed by atoms with van der Waals surface area (Å²) in [6, 6.07) is 0. The van der Waals surface area contributed by atoms with E-state index in [1.54, 1.807) is 0 Å². The maximum atomic E-state index is 11.9. The molecule has 2 aliphatic rings. The summed E-state index contributed by atoms with van der Waals surface area (Å²) in [7, 11) is 0. The SMILES string of the molecule is CC1CC(OC(=O)COC2CCNCC2)CC(C)(C)C1. The van der Waals surface area contributed by atoms with Crippen molar-refractivity contribution in [3.8, 4) is 0 Å². The molecule has 0 aromatic carbocycles. The second kappa shape index (κ2) is 6.90. The van der Waals surface area contributed by atoms with Crippen LogP contribution in [0.25, 0.3) is 0 Å². The van der Waals surface area contributed by atoms with Gasteiger partial charge < -0.3 is 14.8 Å². The summed E-state index contributed by atoms with van der Waals surface area (Å²) in [6.45, 7) is 8.83. The summed E-state index contributed by atoms with van der Waals surface area (Å²) in [5.74, 6) is 0.431. The summed E-state index contributed by atoms with van der Waals surface area (Å²) in [5.41, 5.74) is 0.276. The van der Waals surface area contributed by atoms with Gasteiger partial charge in [0.25, 0.3) is 0 Å². The first-order chi connectivity index (χ1) is 9.44. The van der Waals surface area contributed by atoms with Crippen molar-refractivity contribution in [1.29, 1.82) is 0 Å². The molecular weight excluding hydrogens is 254 g/mol. The van der Waals surface area contributed by atoms with E-state index in [9.17, 15) is 4.79 Å². The van der Waals surface area contributed by atoms with E-state index in [0.29, 0.717) is 5.92 Å². The zero-order chi connectivity index (χ0) is 14.6. The van der Waals surface area contributed by atoms with E-state index in [0.717, 1.165) is 38.8 Å². The first-order valence-corrected chi connectivity index (χ1v) is 7.96. The predicted octanol–water partition coefficient (Wildman–Crippen LogP) is 2.51. The zero-order valence-corrected chi connectivity index (χ0v) is 13.1. The monoisotopic (exact) mass is 283 g/mol. The van der Waals surface area contributed by atoms with E-state index in [4.69, 9.17) is 9.47 Å². The van der Waals surface area contributed by atoms with Crippen molar-refractivity contribution >= 4 is 5.97 Å². The van der Waals surface area contributed by atoms with Crippen molar-refractivity contribution in [2.24, 2.45) is 11.3 Å². The van der Waals surface area contributed by atoms with Gasteiger partial charge in [-0.05, 0) is 56.5 Å². The number of esters is 1. The van der Waals surface area contributed by atoms with Crippen LogP contribution in [-0.4, -0.2) is 37.9 Å². The summed E-state index contributed by atoms with van der Waals surface area (Å²) >= 11 is 0. The number of nitrogens with one attached hydrogen (secondary N) is 1. The van der Waals surface area contributed by atoms with Gasteiger partial charge in [-0.25, -0.2) is 4.79 Å². The third kappa shape index (κ3) is 5.06. The average Bonchev–Trinajstić information content (AvgIpc) is 2.35. The number of piperidine rings is 1. The molecule has 1 saturated heterocycles. The van der Waals surface area contributed by atoms with Crippen molar-refractivity contribution in [3.63, 3.8) is 0 Å². The number of carbonyl (C=O) groups is 1. The third-order valence-electron chi connectivity index (χ3n) is 4.37.